The Morgan fingerprint density at radius 1 is 1.56 bits per heavy atom. The second-order valence-corrected chi connectivity index (χ2v) is 5.68. The van der Waals surface area contributed by atoms with E-state index in [0.29, 0.717) is 0 Å². The Labute approximate surface area is 105 Å². The minimum absolute atomic E-state index is 0.224. The number of carbonyl (C=O) groups is 1. The van der Waals surface area contributed by atoms with Crippen LogP contribution in [0.3, 0.4) is 0 Å². The highest BCUT2D eigenvalue weighted by Gasteiger charge is 2.29. The zero-order chi connectivity index (χ0) is 13.9. The van der Waals surface area contributed by atoms with Gasteiger partial charge in [-0.15, -0.1) is 0 Å². The normalized spacial score (nSPS) is 13.8. The lowest BCUT2D eigenvalue weighted by molar-refractivity contribution is 0.0656. The molecule has 7 nitrogen and oxygen atoms in total. The molecular weight excluding hydrogens is 262 g/mol. The van der Waals surface area contributed by atoms with Crippen molar-refractivity contribution >= 4 is 16.0 Å². The van der Waals surface area contributed by atoms with Gasteiger partial charge in [0, 0.05) is 20.2 Å². The Morgan fingerprint density at radius 2 is 2.17 bits per heavy atom. The number of aromatic carboxylic acids is 1. The number of hydrogen-bond donors (Lipinski definition) is 1. The molecule has 18 heavy (non-hydrogen) atoms. The molecule has 1 N–H and O–H groups in total. The van der Waals surface area contributed by atoms with E-state index in [0.717, 1.165) is 16.4 Å². The summed E-state index contributed by atoms with van der Waals surface area (Å²) in [6, 6.07) is 1.83. The van der Waals surface area contributed by atoms with E-state index in [9.17, 15) is 13.2 Å². The van der Waals surface area contributed by atoms with Crippen LogP contribution in [-0.2, 0) is 14.8 Å². The molecule has 0 aliphatic rings. The van der Waals surface area contributed by atoms with Gasteiger partial charge in [-0.1, -0.05) is 0 Å². The van der Waals surface area contributed by atoms with Crippen LogP contribution in [0.5, 0.6) is 0 Å². The summed E-state index contributed by atoms with van der Waals surface area (Å²) in [5.74, 6) is -1.73. The molecule has 0 radical (unpaired) electrons. The first-order valence-electron chi connectivity index (χ1n) is 5.10. The maximum Gasteiger partial charge on any atom is 0.371 e. The van der Waals surface area contributed by atoms with E-state index in [1.165, 1.54) is 14.2 Å². The lowest BCUT2D eigenvalue weighted by Gasteiger charge is -2.22. The lowest BCUT2D eigenvalue weighted by atomic mass is 10.4. The van der Waals surface area contributed by atoms with Gasteiger partial charge in [0.1, 0.15) is 0 Å². The highest BCUT2D eigenvalue weighted by Crippen LogP contribution is 2.19. The fourth-order valence-corrected chi connectivity index (χ4v) is 2.55. The van der Waals surface area contributed by atoms with Gasteiger partial charge in [-0.2, -0.15) is 4.31 Å². The number of rotatable bonds is 6. The molecule has 1 aromatic rings. The number of methoxy groups -OCH3 is 1. The van der Waals surface area contributed by atoms with Crippen molar-refractivity contribution in [1.29, 1.82) is 0 Å². The molecule has 0 saturated heterocycles. The summed E-state index contributed by atoms with van der Waals surface area (Å²) in [6.07, 6.45) is 0. The van der Waals surface area contributed by atoms with Gasteiger partial charge in [-0.3, -0.25) is 0 Å². The molecule has 1 rings (SSSR count). The molecule has 0 aromatic carbocycles. The van der Waals surface area contributed by atoms with Crippen LogP contribution in [0.15, 0.2) is 21.6 Å². The van der Waals surface area contributed by atoms with Crippen molar-refractivity contribution in [1.82, 2.24) is 4.31 Å². The van der Waals surface area contributed by atoms with E-state index in [1.807, 2.05) is 0 Å². The van der Waals surface area contributed by atoms with Crippen molar-refractivity contribution in [3.8, 4) is 0 Å². The molecule has 8 heteroatoms. The predicted octanol–water partition coefficient (Wildman–Crippen LogP) is 0.633. The highest BCUT2D eigenvalue weighted by molar-refractivity contribution is 7.89. The van der Waals surface area contributed by atoms with E-state index in [-0.39, 0.29) is 6.61 Å². The summed E-state index contributed by atoms with van der Waals surface area (Å²) in [7, 11) is -1.01. The number of carboxylic acids is 1. The van der Waals surface area contributed by atoms with Crippen LogP contribution in [0.2, 0.25) is 0 Å². The van der Waals surface area contributed by atoms with Crippen molar-refractivity contribution < 1.29 is 27.5 Å². The first-order valence-corrected chi connectivity index (χ1v) is 6.54. The van der Waals surface area contributed by atoms with E-state index in [4.69, 9.17) is 14.3 Å². The fourth-order valence-electron chi connectivity index (χ4n) is 1.30. The second kappa shape index (κ2) is 5.51. The average Bonchev–Trinajstić information content (AvgIpc) is 2.78. The minimum atomic E-state index is -3.85. The number of likely N-dealkylation sites (N-methyl/N-ethyl adjacent to an activating group) is 1. The summed E-state index contributed by atoms with van der Waals surface area (Å²) in [6.45, 7) is 1.89. The molecule has 0 fully saturated rings. The Morgan fingerprint density at radius 3 is 2.61 bits per heavy atom. The zero-order valence-electron chi connectivity index (χ0n) is 10.3. The molecule has 1 unspecified atom stereocenters. The monoisotopic (exact) mass is 277 g/mol. The molecule has 102 valence electrons. The van der Waals surface area contributed by atoms with Gasteiger partial charge in [0.25, 0.3) is 10.0 Å². The molecule has 1 heterocycles. The van der Waals surface area contributed by atoms with Crippen LogP contribution >= 0.6 is 0 Å². The fraction of sp³-hybridized carbons (Fsp3) is 0.500. The van der Waals surface area contributed by atoms with Crippen molar-refractivity contribution in [2.75, 3.05) is 20.8 Å². The Bertz CT molecular complexity index is 520. The standard InChI is InChI=1S/C10H15NO6S/c1-7(6-16-3)11(2)18(14,15)9-5-4-8(17-9)10(12)13/h4-5,7H,6H2,1-3H3,(H,12,13). The minimum Gasteiger partial charge on any atom is -0.475 e. The van der Waals surface area contributed by atoms with Crippen LogP contribution in [-0.4, -0.2) is 50.6 Å². The summed E-state index contributed by atoms with van der Waals surface area (Å²) >= 11 is 0. The molecule has 0 aliphatic carbocycles. The largest absolute Gasteiger partial charge is 0.475 e. The summed E-state index contributed by atoms with van der Waals surface area (Å²) in [5.41, 5.74) is 0. The van der Waals surface area contributed by atoms with Gasteiger partial charge in [0.05, 0.1) is 6.61 Å². The molecular formula is C10H15NO6S. The number of sulfonamides is 1. The van der Waals surface area contributed by atoms with Crippen LogP contribution in [0.1, 0.15) is 17.5 Å². The zero-order valence-corrected chi connectivity index (χ0v) is 11.1. The maximum atomic E-state index is 12.1. The lowest BCUT2D eigenvalue weighted by Crippen LogP contribution is -2.37. The van der Waals surface area contributed by atoms with Gasteiger partial charge < -0.3 is 14.3 Å². The van der Waals surface area contributed by atoms with Crippen LogP contribution in [0, 0.1) is 0 Å². The van der Waals surface area contributed by atoms with E-state index < -0.39 is 32.9 Å². The Kier molecular flexibility index (Phi) is 4.49. The van der Waals surface area contributed by atoms with Crippen molar-refractivity contribution in [3.63, 3.8) is 0 Å². The number of carboxylic acid groups (broad SMARTS) is 1. The quantitative estimate of drug-likeness (QED) is 0.819. The van der Waals surface area contributed by atoms with Gasteiger partial charge in [-0.25, -0.2) is 13.2 Å². The van der Waals surface area contributed by atoms with Gasteiger partial charge in [-0.05, 0) is 19.1 Å². The molecule has 0 saturated carbocycles. The predicted molar refractivity (Wildman–Crippen MR) is 62.0 cm³/mol. The molecule has 1 atom stereocenters. The molecule has 0 bridgehead atoms. The number of hydrogen-bond acceptors (Lipinski definition) is 5. The van der Waals surface area contributed by atoms with Crippen LogP contribution in [0.4, 0.5) is 0 Å². The third kappa shape index (κ3) is 2.89. The number of nitrogens with zero attached hydrogens (tertiary/aromatic N) is 1. The third-order valence-electron chi connectivity index (χ3n) is 2.45. The Hall–Kier alpha value is -1.38. The SMILES string of the molecule is COCC(C)N(C)S(=O)(=O)c1ccc(C(=O)O)o1. The first-order chi connectivity index (χ1) is 8.30. The van der Waals surface area contributed by atoms with Gasteiger partial charge >= 0.3 is 5.97 Å². The number of furan rings is 1. The van der Waals surface area contributed by atoms with Crippen LogP contribution in [0.25, 0.3) is 0 Å². The van der Waals surface area contributed by atoms with Crippen molar-refractivity contribution in [2.45, 2.75) is 18.1 Å². The van der Waals surface area contributed by atoms with Crippen molar-refractivity contribution in [2.24, 2.45) is 0 Å². The van der Waals surface area contributed by atoms with E-state index in [1.54, 1.807) is 6.92 Å². The molecule has 1 aromatic heterocycles. The Balaban J connectivity index is 3.01. The number of ether oxygens (including phenoxy) is 1. The molecule has 0 aliphatic heterocycles. The van der Waals surface area contributed by atoms with E-state index in [2.05, 4.69) is 0 Å². The van der Waals surface area contributed by atoms with Crippen LogP contribution < -0.4 is 0 Å². The smallest absolute Gasteiger partial charge is 0.371 e. The first kappa shape index (κ1) is 14.7. The summed E-state index contributed by atoms with van der Waals surface area (Å²) in [4.78, 5) is 10.6. The van der Waals surface area contributed by atoms with Gasteiger partial charge in [0.2, 0.25) is 10.9 Å². The molecule has 0 spiro atoms. The summed E-state index contributed by atoms with van der Waals surface area (Å²) in [5, 5.41) is 8.28. The third-order valence-corrected chi connectivity index (χ3v) is 4.30. The molecule has 0 amide bonds. The van der Waals surface area contributed by atoms with E-state index >= 15 is 0 Å². The topological polar surface area (TPSA) is 97.0 Å². The average molecular weight is 277 g/mol. The van der Waals surface area contributed by atoms with Crippen molar-refractivity contribution in [3.05, 3.63) is 17.9 Å². The maximum absolute atomic E-state index is 12.1. The van der Waals surface area contributed by atoms with Gasteiger partial charge in [0.15, 0.2) is 0 Å². The highest BCUT2D eigenvalue weighted by atomic mass is 32.2. The summed E-state index contributed by atoms with van der Waals surface area (Å²) < 4.78 is 34.9. The second-order valence-electron chi connectivity index (χ2n) is 3.75.